The average molecular weight is 355 g/mol. The van der Waals surface area contributed by atoms with Gasteiger partial charge < -0.3 is 15.6 Å². The molecule has 0 fully saturated rings. The normalized spacial score (nSPS) is 10.5. The van der Waals surface area contributed by atoms with Crippen LogP contribution in [-0.4, -0.2) is 16.0 Å². The molecule has 0 aliphatic carbocycles. The van der Waals surface area contributed by atoms with Crippen LogP contribution < -0.4 is 15.8 Å². The summed E-state index contributed by atoms with van der Waals surface area (Å²) in [4.78, 5) is 16.7. The van der Waals surface area contributed by atoms with E-state index in [-0.39, 0.29) is 12.5 Å². The zero-order chi connectivity index (χ0) is 17.8. The van der Waals surface area contributed by atoms with Crippen LogP contribution in [-0.2, 0) is 6.61 Å². The van der Waals surface area contributed by atoms with E-state index in [9.17, 15) is 9.90 Å². The summed E-state index contributed by atoms with van der Waals surface area (Å²) in [5, 5.41) is 14.5. The molecule has 1 heterocycles. The number of para-hydroxylation sites is 1. The number of aromatic nitrogens is 1. The van der Waals surface area contributed by atoms with Gasteiger partial charge in [-0.25, -0.2) is 4.98 Å². The Kier molecular flexibility index (Phi) is 4.97. The van der Waals surface area contributed by atoms with Crippen molar-refractivity contribution in [1.29, 1.82) is 0 Å². The maximum Gasteiger partial charge on any atom is 0.259 e. The number of amides is 1. The quantitative estimate of drug-likeness (QED) is 0.608. The van der Waals surface area contributed by atoms with E-state index in [0.717, 1.165) is 5.69 Å². The van der Waals surface area contributed by atoms with Gasteiger partial charge in [-0.05, 0) is 31.2 Å². The van der Waals surface area contributed by atoms with Crippen LogP contribution in [0.5, 0.6) is 11.5 Å². The van der Waals surface area contributed by atoms with E-state index < -0.39 is 0 Å². The van der Waals surface area contributed by atoms with Crippen molar-refractivity contribution >= 4 is 28.1 Å². The summed E-state index contributed by atoms with van der Waals surface area (Å²) in [6.45, 7) is 1.72. The summed E-state index contributed by atoms with van der Waals surface area (Å²) >= 11 is 1.35. The van der Waals surface area contributed by atoms with Gasteiger partial charge in [-0.15, -0.1) is 11.3 Å². The van der Waals surface area contributed by atoms with Crippen LogP contribution in [0.3, 0.4) is 0 Å². The largest absolute Gasteiger partial charge is 0.457 e. The standard InChI is InChI=1S/C18H17N3O3S/c1-11-10-25-18(20-11)21-17(23)14-8-13(6-7-15(14)19)24-16-5-3-2-4-12(16)9-22/h2-8,10,22H,9,19H2,1H3,(H,20,21,23). The second-order valence-electron chi connectivity index (χ2n) is 5.37. The SMILES string of the molecule is Cc1csc(NC(=O)c2cc(Oc3ccccc3CO)ccc2N)n1. The fourth-order valence-corrected chi connectivity index (χ4v) is 2.92. The molecule has 3 aromatic rings. The summed E-state index contributed by atoms with van der Waals surface area (Å²) in [7, 11) is 0. The highest BCUT2D eigenvalue weighted by atomic mass is 32.1. The molecule has 0 radical (unpaired) electrons. The lowest BCUT2D eigenvalue weighted by molar-refractivity contribution is 0.102. The van der Waals surface area contributed by atoms with Crippen molar-refractivity contribution < 1.29 is 14.6 Å². The van der Waals surface area contributed by atoms with Crippen LogP contribution in [0.1, 0.15) is 21.6 Å². The molecule has 6 nitrogen and oxygen atoms in total. The number of carbonyl (C=O) groups is 1. The van der Waals surface area contributed by atoms with Crippen LogP contribution in [0.25, 0.3) is 0 Å². The number of thiazole rings is 1. The molecule has 1 aromatic heterocycles. The van der Waals surface area contributed by atoms with Gasteiger partial charge in [-0.1, -0.05) is 18.2 Å². The van der Waals surface area contributed by atoms with Crippen LogP contribution in [0.2, 0.25) is 0 Å². The van der Waals surface area contributed by atoms with Crippen molar-refractivity contribution in [2.24, 2.45) is 0 Å². The smallest absolute Gasteiger partial charge is 0.259 e. The number of benzene rings is 2. The summed E-state index contributed by atoms with van der Waals surface area (Å²) in [5.74, 6) is 0.625. The zero-order valence-electron chi connectivity index (χ0n) is 13.5. The Hall–Kier alpha value is -2.90. The molecule has 128 valence electrons. The van der Waals surface area contributed by atoms with Crippen molar-refractivity contribution in [3.05, 3.63) is 64.7 Å². The van der Waals surface area contributed by atoms with E-state index in [1.54, 1.807) is 30.3 Å². The number of nitrogens with zero attached hydrogens (tertiary/aromatic N) is 1. The fourth-order valence-electron chi connectivity index (χ4n) is 2.23. The molecule has 0 unspecified atom stereocenters. The summed E-state index contributed by atoms with van der Waals surface area (Å²) in [6.07, 6.45) is 0. The molecule has 2 aromatic carbocycles. The number of aliphatic hydroxyl groups is 1. The third-order valence-electron chi connectivity index (χ3n) is 3.48. The second-order valence-corrected chi connectivity index (χ2v) is 6.22. The highest BCUT2D eigenvalue weighted by molar-refractivity contribution is 7.13. The third-order valence-corrected chi connectivity index (χ3v) is 4.36. The Morgan fingerprint density at radius 1 is 1.32 bits per heavy atom. The molecule has 0 aliphatic heterocycles. The van der Waals surface area contributed by atoms with Crippen molar-refractivity contribution in [3.8, 4) is 11.5 Å². The number of aliphatic hydroxyl groups excluding tert-OH is 1. The number of nitrogens with two attached hydrogens (primary N) is 1. The molecule has 0 atom stereocenters. The first-order valence-corrected chi connectivity index (χ1v) is 8.44. The summed E-state index contributed by atoms with van der Waals surface area (Å²) < 4.78 is 5.79. The number of nitrogen functional groups attached to an aromatic ring is 1. The average Bonchev–Trinajstić information content (AvgIpc) is 3.01. The predicted octanol–water partition coefficient (Wildman–Crippen LogP) is 3.57. The number of rotatable bonds is 5. The Labute approximate surface area is 148 Å². The van der Waals surface area contributed by atoms with Crippen LogP contribution in [0.4, 0.5) is 10.8 Å². The molecular weight excluding hydrogens is 338 g/mol. The lowest BCUT2D eigenvalue weighted by Crippen LogP contribution is -2.14. The Bertz CT molecular complexity index is 908. The molecule has 0 aliphatic rings. The Balaban J connectivity index is 1.83. The molecular formula is C18H17N3O3S. The van der Waals surface area contributed by atoms with Gasteiger partial charge in [0.25, 0.3) is 5.91 Å². The van der Waals surface area contributed by atoms with Gasteiger partial charge in [0.15, 0.2) is 5.13 Å². The second kappa shape index (κ2) is 7.33. The van der Waals surface area contributed by atoms with E-state index in [1.807, 2.05) is 24.4 Å². The summed E-state index contributed by atoms with van der Waals surface area (Å²) in [5.41, 5.74) is 8.06. The monoisotopic (exact) mass is 355 g/mol. The van der Waals surface area contributed by atoms with E-state index >= 15 is 0 Å². The van der Waals surface area contributed by atoms with E-state index in [2.05, 4.69) is 10.3 Å². The van der Waals surface area contributed by atoms with Gasteiger partial charge in [-0.3, -0.25) is 10.1 Å². The van der Waals surface area contributed by atoms with Crippen molar-refractivity contribution in [2.75, 3.05) is 11.1 Å². The number of aryl methyl sites for hydroxylation is 1. The molecule has 0 bridgehead atoms. The summed E-state index contributed by atoms with van der Waals surface area (Å²) in [6, 6.07) is 12.0. The topological polar surface area (TPSA) is 97.5 Å². The van der Waals surface area contributed by atoms with E-state index in [4.69, 9.17) is 10.5 Å². The molecule has 0 saturated carbocycles. The van der Waals surface area contributed by atoms with E-state index in [0.29, 0.717) is 33.4 Å². The minimum absolute atomic E-state index is 0.137. The van der Waals surface area contributed by atoms with Gasteiger partial charge in [0.05, 0.1) is 17.9 Å². The zero-order valence-corrected chi connectivity index (χ0v) is 14.3. The fraction of sp³-hybridized carbons (Fsp3) is 0.111. The lowest BCUT2D eigenvalue weighted by atomic mass is 10.1. The number of carbonyl (C=O) groups excluding carboxylic acids is 1. The minimum Gasteiger partial charge on any atom is -0.457 e. The van der Waals surface area contributed by atoms with Gasteiger partial charge >= 0.3 is 0 Å². The Morgan fingerprint density at radius 2 is 2.12 bits per heavy atom. The van der Waals surface area contributed by atoms with Gasteiger partial charge in [0, 0.05) is 16.6 Å². The number of ether oxygens (including phenoxy) is 1. The van der Waals surface area contributed by atoms with E-state index in [1.165, 1.54) is 11.3 Å². The Morgan fingerprint density at radius 3 is 2.84 bits per heavy atom. The lowest BCUT2D eigenvalue weighted by Gasteiger charge is -2.12. The molecule has 4 N–H and O–H groups in total. The maximum absolute atomic E-state index is 12.5. The molecule has 3 rings (SSSR count). The van der Waals surface area contributed by atoms with Crippen molar-refractivity contribution in [3.63, 3.8) is 0 Å². The highest BCUT2D eigenvalue weighted by Crippen LogP contribution is 2.28. The van der Waals surface area contributed by atoms with Gasteiger partial charge in [-0.2, -0.15) is 0 Å². The third kappa shape index (κ3) is 3.96. The first-order valence-electron chi connectivity index (χ1n) is 7.56. The maximum atomic E-state index is 12.5. The molecule has 25 heavy (non-hydrogen) atoms. The van der Waals surface area contributed by atoms with Crippen molar-refractivity contribution in [2.45, 2.75) is 13.5 Å². The minimum atomic E-state index is -0.354. The number of nitrogens with one attached hydrogen (secondary N) is 1. The number of anilines is 2. The number of hydrogen-bond donors (Lipinski definition) is 3. The number of hydrogen-bond acceptors (Lipinski definition) is 6. The van der Waals surface area contributed by atoms with Crippen LogP contribution in [0.15, 0.2) is 47.8 Å². The van der Waals surface area contributed by atoms with Gasteiger partial charge in [0.2, 0.25) is 0 Å². The van der Waals surface area contributed by atoms with Crippen LogP contribution >= 0.6 is 11.3 Å². The molecule has 1 amide bonds. The molecule has 0 spiro atoms. The van der Waals surface area contributed by atoms with Crippen molar-refractivity contribution in [1.82, 2.24) is 4.98 Å². The molecule has 7 heteroatoms. The first-order chi connectivity index (χ1) is 12.1. The first kappa shape index (κ1) is 16.9. The van der Waals surface area contributed by atoms with Crippen LogP contribution in [0, 0.1) is 6.92 Å². The predicted molar refractivity (Wildman–Crippen MR) is 98.1 cm³/mol. The highest BCUT2D eigenvalue weighted by Gasteiger charge is 2.14. The molecule has 0 saturated heterocycles. The van der Waals surface area contributed by atoms with Gasteiger partial charge in [0.1, 0.15) is 11.5 Å².